The normalized spacial score (nSPS) is 18.6. The monoisotopic (exact) mass is 486 g/mol. The maximum Gasteiger partial charge on any atom is 0.342 e. The van der Waals surface area contributed by atoms with Gasteiger partial charge < -0.3 is 18.8 Å². The molecule has 1 unspecified atom stereocenters. The second-order valence-corrected chi connectivity index (χ2v) is 10.1. The number of rotatable bonds is 6. The molecule has 0 radical (unpaired) electrons. The Balaban J connectivity index is 1.75. The number of fused-ring (bicyclic) bond motifs is 1. The molecule has 180 valence electrons. The van der Waals surface area contributed by atoms with Crippen LogP contribution in [0.2, 0.25) is 0 Å². The highest BCUT2D eigenvalue weighted by atomic mass is 32.2. The Morgan fingerprint density at radius 3 is 2.62 bits per heavy atom. The summed E-state index contributed by atoms with van der Waals surface area (Å²) < 4.78 is 41.6. The Kier molecular flexibility index (Phi) is 6.40. The van der Waals surface area contributed by atoms with E-state index in [1.807, 2.05) is 13.0 Å². The maximum atomic E-state index is 13.1. The minimum Gasteiger partial charge on any atom is -0.507 e. The Hall–Kier alpha value is -3.33. The number of benzene rings is 2. The fourth-order valence-electron chi connectivity index (χ4n) is 4.38. The number of hydrogen-bond donors (Lipinski definition) is 1. The van der Waals surface area contributed by atoms with Gasteiger partial charge in [-0.25, -0.2) is 4.79 Å². The van der Waals surface area contributed by atoms with Gasteiger partial charge in [0, 0.05) is 11.1 Å². The number of allylic oxidation sites excluding steroid dienone is 2. The molecule has 0 spiro atoms. The minimum atomic E-state index is -4.29. The number of ether oxygens (including phenoxy) is 2. The molecule has 2 aromatic rings. The van der Waals surface area contributed by atoms with Crippen molar-refractivity contribution < 1.29 is 36.8 Å². The summed E-state index contributed by atoms with van der Waals surface area (Å²) in [5, 5.41) is 10.9. The molecule has 1 fully saturated rings. The molecule has 8 nitrogen and oxygen atoms in total. The Bertz CT molecular complexity index is 1290. The summed E-state index contributed by atoms with van der Waals surface area (Å²) in [5.41, 5.74) is 2.90. The lowest BCUT2D eigenvalue weighted by atomic mass is 9.95. The first-order valence-corrected chi connectivity index (χ1v) is 12.3. The number of aryl methyl sites for hydroxylation is 1. The summed E-state index contributed by atoms with van der Waals surface area (Å²) in [4.78, 5) is 24.3. The van der Waals surface area contributed by atoms with Crippen LogP contribution < -0.4 is 4.18 Å². The highest BCUT2D eigenvalue weighted by Crippen LogP contribution is 2.44. The van der Waals surface area contributed by atoms with E-state index in [9.17, 15) is 23.1 Å². The number of esters is 2. The fourth-order valence-corrected chi connectivity index (χ4v) is 5.35. The van der Waals surface area contributed by atoms with Crippen LogP contribution in [0.15, 0.2) is 40.8 Å². The highest BCUT2D eigenvalue weighted by Gasteiger charge is 2.35. The van der Waals surface area contributed by atoms with Crippen LogP contribution in [-0.4, -0.2) is 32.6 Å². The molecule has 1 heterocycles. The third kappa shape index (κ3) is 4.40. The van der Waals surface area contributed by atoms with Gasteiger partial charge in [-0.05, 0) is 57.2 Å². The van der Waals surface area contributed by atoms with Crippen molar-refractivity contribution in [2.45, 2.75) is 51.0 Å². The van der Waals surface area contributed by atoms with Crippen molar-refractivity contribution in [2.24, 2.45) is 5.92 Å². The zero-order valence-electron chi connectivity index (χ0n) is 19.2. The van der Waals surface area contributed by atoms with Gasteiger partial charge in [0.15, 0.2) is 5.75 Å². The van der Waals surface area contributed by atoms with Gasteiger partial charge in [-0.15, -0.1) is 0 Å². The number of phenolic OH excluding ortho intramolecular Hbond substituents is 1. The van der Waals surface area contributed by atoms with Crippen molar-refractivity contribution >= 4 is 22.1 Å². The van der Waals surface area contributed by atoms with Crippen LogP contribution in [0.5, 0.6) is 11.5 Å². The second kappa shape index (κ2) is 9.13. The molecule has 1 saturated carbocycles. The van der Waals surface area contributed by atoms with Gasteiger partial charge in [0.1, 0.15) is 22.8 Å². The quantitative estimate of drug-likeness (QED) is 0.371. The Labute approximate surface area is 198 Å². The molecule has 1 N–H and O–H groups in total. The topological polar surface area (TPSA) is 116 Å². The molecule has 1 aliphatic carbocycles. The summed E-state index contributed by atoms with van der Waals surface area (Å²) in [5.74, 6) is -1.56. The first-order chi connectivity index (χ1) is 16.1. The number of phenols is 1. The van der Waals surface area contributed by atoms with Gasteiger partial charge in [0.2, 0.25) is 0 Å². The first-order valence-electron chi connectivity index (χ1n) is 10.9. The molecular weight excluding hydrogens is 460 g/mol. The predicted molar refractivity (Wildman–Crippen MR) is 122 cm³/mol. The van der Waals surface area contributed by atoms with Gasteiger partial charge in [-0.2, -0.15) is 8.42 Å². The average molecular weight is 487 g/mol. The molecule has 9 heteroatoms. The van der Waals surface area contributed by atoms with Crippen molar-refractivity contribution in [2.75, 3.05) is 7.11 Å². The smallest absolute Gasteiger partial charge is 0.342 e. The molecule has 0 bridgehead atoms. The standard InChI is InChI=1S/C25H26O8S/c1-14-4-9-18(10-5-14)34(29,30)33-23-19(11-7-16-6-8-17(12-16)24(27)31-3)22(26)15(2)20-13-32-25(28)21(20)23/h4-5,7,9-10,17,26H,6,8,11-13H2,1-3H3/b16-7+. The van der Waals surface area contributed by atoms with E-state index in [0.29, 0.717) is 30.4 Å². The number of hydrogen-bond acceptors (Lipinski definition) is 8. The van der Waals surface area contributed by atoms with Gasteiger partial charge in [0.05, 0.1) is 13.0 Å². The van der Waals surface area contributed by atoms with Crippen LogP contribution in [0, 0.1) is 19.8 Å². The van der Waals surface area contributed by atoms with Gasteiger partial charge >= 0.3 is 22.1 Å². The van der Waals surface area contributed by atoms with Crippen molar-refractivity contribution in [1.82, 2.24) is 0 Å². The zero-order valence-corrected chi connectivity index (χ0v) is 20.0. The number of cyclic esters (lactones) is 1. The van der Waals surface area contributed by atoms with Gasteiger partial charge in [-0.3, -0.25) is 4.79 Å². The van der Waals surface area contributed by atoms with Crippen LogP contribution in [0.1, 0.15) is 51.9 Å². The summed E-state index contributed by atoms with van der Waals surface area (Å²) >= 11 is 0. The van der Waals surface area contributed by atoms with Crippen molar-refractivity contribution in [3.05, 3.63) is 63.7 Å². The molecule has 2 aromatic carbocycles. The van der Waals surface area contributed by atoms with E-state index in [2.05, 4.69) is 0 Å². The maximum absolute atomic E-state index is 13.1. The first kappa shape index (κ1) is 23.8. The van der Waals surface area contributed by atoms with Crippen LogP contribution in [0.25, 0.3) is 0 Å². The molecule has 0 aromatic heterocycles. The molecule has 0 amide bonds. The summed E-state index contributed by atoms with van der Waals surface area (Å²) in [6.45, 7) is 3.40. The molecule has 0 saturated heterocycles. The molecule has 34 heavy (non-hydrogen) atoms. The van der Waals surface area contributed by atoms with E-state index in [4.69, 9.17) is 13.7 Å². The number of carbonyl (C=O) groups is 2. The van der Waals surface area contributed by atoms with Crippen LogP contribution in [-0.2, 0) is 37.4 Å². The van der Waals surface area contributed by atoms with Gasteiger partial charge in [0.25, 0.3) is 0 Å². The fraction of sp³-hybridized carbons (Fsp3) is 0.360. The third-order valence-corrected chi connectivity index (χ3v) is 7.64. The lowest BCUT2D eigenvalue weighted by Gasteiger charge is -2.17. The molecule has 1 atom stereocenters. The second-order valence-electron chi connectivity index (χ2n) is 8.59. The van der Waals surface area contributed by atoms with E-state index in [1.54, 1.807) is 19.1 Å². The SMILES string of the molecule is COC(=O)C1CC/C(=C\Cc2c(O)c(C)c3c(c2OS(=O)(=O)c2ccc(C)cc2)C(=O)OC3)C1. The van der Waals surface area contributed by atoms with Crippen LogP contribution >= 0.6 is 0 Å². The Morgan fingerprint density at radius 2 is 1.94 bits per heavy atom. The predicted octanol–water partition coefficient (Wildman–Crippen LogP) is 3.89. The van der Waals surface area contributed by atoms with E-state index < -0.39 is 16.1 Å². The number of carbonyl (C=O) groups excluding carboxylic acids is 2. The van der Waals surface area contributed by atoms with Crippen molar-refractivity contribution in [1.29, 1.82) is 0 Å². The molecular formula is C25H26O8S. The molecule has 4 rings (SSSR count). The zero-order chi connectivity index (χ0) is 24.6. The summed E-state index contributed by atoms with van der Waals surface area (Å²) in [6, 6.07) is 6.13. The summed E-state index contributed by atoms with van der Waals surface area (Å²) in [7, 11) is -2.93. The Morgan fingerprint density at radius 1 is 1.24 bits per heavy atom. The highest BCUT2D eigenvalue weighted by molar-refractivity contribution is 7.87. The lowest BCUT2D eigenvalue weighted by Crippen LogP contribution is -2.14. The molecule has 1 aliphatic heterocycles. The molecule has 2 aliphatic rings. The van der Waals surface area contributed by atoms with Crippen molar-refractivity contribution in [3.8, 4) is 11.5 Å². The summed E-state index contributed by atoms with van der Waals surface area (Å²) in [6.07, 6.45) is 3.83. The number of aromatic hydroxyl groups is 1. The lowest BCUT2D eigenvalue weighted by molar-refractivity contribution is -0.145. The average Bonchev–Trinajstić information content (AvgIpc) is 3.43. The van der Waals surface area contributed by atoms with E-state index >= 15 is 0 Å². The van der Waals surface area contributed by atoms with E-state index in [-0.39, 0.29) is 52.4 Å². The number of methoxy groups -OCH3 is 1. The van der Waals surface area contributed by atoms with Crippen LogP contribution in [0.4, 0.5) is 0 Å². The van der Waals surface area contributed by atoms with Crippen molar-refractivity contribution in [3.63, 3.8) is 0 Å². The van der Waals surface area contributed by atoms with Crippen LogP contribution in [0.3, 0.4) is 0 Å². The minimum absolute atomic E-state index is 0.0123. The van der Waals surface area contributed by atoms with E-state index in [0.717, 1.165) is 11.1 Å². The van der Waals surface area contributed by atoms with Gasteiger partial charge in [-0.1, -0.05) is 29.3 Å². The third-order valence-electron chi connectivity index (χ3n) is 6.40. The van der Waals surface area contributed by atoms with E-state index in [1.165, 1.54) is 19.2 Å². The largest absolute Gasteiger partial charge is 0.507 e.